The minimum absolute atomic E-state index is 0.220. The Morgan fingerprint density at radius 2 is 1.83 bits per heavy atom. The van der Waals surface area contributed by atoms with E-state index in [-0.39, 0.29) is 11.8 Å². The molecule has 1 aliphatic rings. The van der Waals surface area contributed by atoms with Crippen LogP contribution in [0.25, 0.3) is 10.8 Å². The Balaban J connectivity index is 1.73. The average Bonchev–Trinajstić information content (AvgIpc) is 2.60. The zero-order valence-electron chi connectivity index (χ0n) is 13.4. The second-order valence-electron chi connectivity index (χ2n) is 6.21. The maximum atomic E-state index is 12.2. The second-order valence-corrected chi connectivity index (χ2v) is 6.21. The number of nitrogens with one attached hydrogen (secondary N) is 1. The molecular formula is C19H21NO4. The number of aliphatic carboxylic acids is 1. The van der Waals surface area contributed by atoms with Gasteiger partial charge in [0.2, 0.25) is 5.91 Å². The van der Waals surface area contributed by atoms with E-state index in [2.05, 4.69) is 5.32 Å². The summed E-state index contributed by atoms with van der Waals surface area (Å²) in [6.07, 6.45) is 2.04. The highest BCUT2D eigenvalue weighted by atomic mass is 16.5. The summed E-state index contributed by atoms with van der Waals surface area (Å²) in [5.41, 5.74) is 0.585. The number of hydrogen-bond donors (Lipinski definition) is 2. The first-order valence-electron chi connectivity index (χ1n) is 8.22. The van der Waals surface area contributed by atoms with Crippen molar-refractivity contribution < 1.29 is 19.4 Å². The van der Waals surface area contributed by atoms with Crippen LogP contribution in [-0.4, -0.2) is 30.2 Å². The lowest BCUT2D eigenvalue weighted by atomic mass is 9.95. The summed E-state index contributed by atoms with van der Waals surface area (Å²) in [5, 5.41) is 14.2. The molecular weight excluding hydrogens is 306 g/mol. The molecule has 3 rings (SSSR count). The van der Waals surface area contributed by atoms with Crippen molar-refractivity contribution in [2.75, 3.05) is 13.2 Å². The van der Waals surface area contributed by atoms with Crippen LogP contribution in [0.5, 0.6) is 0 Å². The Morgan fingerprint density at radius 3 is 2.54 bits per heavy atom. The fourth-order valence-corrected chi connectivity index (χ4v) is 3.11. The Labute approximate surface area is 140 Å². The third kappa shape index (κ3) is 3.92. The van der Waals surface area contributed by atoms with Crippen molar-refractivity contribution in [1.29, 1.82) is 0 Å². The van der Waals surface area contributed by atoms with Gasteiger partial charge in [-0.2, -0.15) is 0 Å². The molecule has 1 atom stereocenters. The van der Waals surface area contributed by atoms with E-state index in [0.717, 1.165) is 23.6 Å². The highest BCUT2D eigenvalue weighted by Crippen LogP contribution is 2.22. The van der Waals surface area contributed by atoms with Crippen molar-refractivity contribution in [3.63, 3.8) is 0 Å². The maximum absolute atomic E-state index is 12.2. The third-order valence-electron chi connectivity index (χ3n) is 4.47. The molecule has 1 fully saturated rings. The molecule has 5 nitrogen and oxygen atoms in total. The molecule has 2 aromatic carbocycles. The van der Waals surface area contributed by atoms with Gasteiger partial charge < -0.3 is 15.2 Å². The first kappa shape index (κ1) is 16.5. The van der Waals surface area contributed by atoms with Crippen LogP contribution in [0.15, 0.2) is 42.5 Å². The number of fused-ring (bicyclic) bond motifs is 1. The minimum Gasteiger partial charge on any atom is -0.479 e. The molecule has 5 heteroatoms. The topological polar surface area (TPSA) is 75.6 Å². The van der Waals surface area contributed by atoms with Gasteiger partial charge in [0.05, 0.1) is 0 Å². The fraction of sp³-hybridized carbons (Fsp3) is 0.368. The molecule has 1 heterocycles. The molecule has 2 N–H and O–H groups in total. The van der Waals surface area contributed by atoms with Crippen LogP contribution in [0.1, 0.15) is 30.9 Å². The molecule has 0 saturated carbocycles. The number of carboxylic acid groups (broad SMARTS) is 1. The van der Waals surface area contributed by atoms with E-state index in [4.69, 9.17) is 4.74 Å². The van der Waals surface area contributed by atoms with Crippen molar-refractivity contribution in [3.8, 4) is 0 Å². The molecule has 126 valence electrons. The molecule has 24 heavy (non-hydrogen) atoms. The standard InChI is InChI=1S/C19H21NO4/c21-17(11-13-7-9-24-10-8-13)20-18(19(22)23)16-6-5-14-3-1-2-4-15(14)12-16/h1-6,12-13,18H,7-11H2,(H,20,21)(H,22,23). The van der Waals surface area contributed by atoms with Gasteiger partial charge in [-0.25, -0.2) is 4.79 Å². The number of carbonyl (C=O) groups is 2. The molecule has 0 bridgehead atoms. The zero-order valence-corrected chi connectivity index (χ0v) is 13.4. The van der Waals surface area contributed by atoms with Crippen molar-refractivity contribution in [2.45, 2.75) is 25.3 Å². The van der Waals surface area contributed by atoms with Crippen LogP contribution in [-0.2, 0) is 14.3 Å². The van der Waals surface area contributed by atoms with Gasteiger partial charge in [-0.15, -0.1) is 0 Å². The molecule has 0 spiro atoms. The van der Waals surface area contributed by atoms with E-state index < -0.39 is 12.0 Å². The van der Waals surface area contributed by atoms with Gasteiger partial charge in [0.25, 0.3) is 0 Å². The molecule has 1 unspecified atom stereocenters. The summed E-state index contributed by atoms with van der Waals surface area (Å²) < 4.78 is 5.28. The van der Waals surface area contributed by atoms with Crippen LogP contribution < -0.4 is 5.32 Å². The van der Waals surface area contributed by atoms with E-state index in [1.54, 1.807) is 6.07 Å². The number of amides is 1. The van der Waals surface area contributed by atoms with Gasteiger partial charge in [0.1, 0.15) is 0 Å². The van der Waals surface area contributed by atoms with Crippen LogP contribution >= 0.6 is 0 Å². The summed E-state index contributed by atoms with van der Waals surface area (Å²) in [6, 6.07) is 12.2. The molecule has 0 aromatic heterocycles. The van der Waals surface area contributed by atoms with Gasteiger partial charge in [0, 0.05) is 19.6 Å². The summed E-state index contributed by atoms with van der Waals surface area (Å²) >= 11 is 0. The molecule has 1 aliphatic heterocycles. The fourth-order valence-electron chi connectivity index (χ4n) is 3.11. The summed E-state index contributed by atoms with van der Waals surface area (Å²) in [6.45, 7) is 1.34. The monoisotopic (exact) mass is 327 g/mol. The second kappa shape index (κ2) is 7.45. The van der Waals surface area contributed by atoms with E-state index in [0.29, 0.717) is 25.2 Å². The maximum Gasteiger partial charge on any atom is 0.330 e. The number of ether oxygens (including phenoxy) is 1. The summed E-state index contributed by atoms with van der Waals surface area (Å²) in [5.74, 6) is -1.00. The molecule has 1 amide bonds. The van der Waals surface area contributed by atoms with Gasteiger partial charge in [-0.1, -0.05) is 36.4 Å². The van der Waals surface area contributed by atoms with E-state index in [1.165, 1.54) is 0 Å². The predicted molar refractivity (Wildman–Crippen MR) is 90.6 cm³/mol. The zero-order chi connectivity index (χ0) is 16.9. The predicted octanol–water partition coefficient (Wildman–Crippen LogP) is 2.90. The first-order chi connectivity index (χ1) is 11.6. The Morgan fingerprint density at radius 1 is 1.12 bits per heavy atom. The lowest BCUT2D eigenvalue weighted by molar-refractivity contribution is -0.142. The largest absolute Gasteiger partial charge is 0.479 e. The Kier molecular flexibility index (Phi) is 5.11. The number of carbonyl (C=O) groups excluding carboxylic acids is 1. The number of rotatable bonds is 5. The van der Waals surface area contributed by atoms with E-state index in [9.17, 15) is 14.7 Å². The third-order valence-corrected chi connectivity index (χ3v) is 4.47. The lowest BCUT2D eigenvalue weighted by Crippen LogP contribution is -2.35. The highest BCUT2D eigenvalue weighted by molar-refractivity contribution is 5.88. The summed E-state index contributed by atoms with van der Waals surface area (Å²) in [4.78, 5) is 23.9. The number of carboxylic acids is 1. The summed E-state index contributed by atoms with van der Waals surface area (Å²) in [7, 11) is 0. The van der Waals surface area contributed by atoms with Gasteiger partial charge in [-0.05, 0) is 41.2 Å². The van der Waals surface area contributed by atoms with Crippen LogP contribution in [0.3, 0.4) is 0 Å². The van der Waals surface area contributed by atoms with E-state index >= 15 is 0 Å². The van der Waals surface area contributed by atoms with Crippen molar-refractivity contribution in [2.24, 2.45) is 5.92 Å². The normalized spacial score (nSPS) is 16.7. The van der Waals surface area contributed by atoms with E-state index in [1.807, 2.05) is 36.4 Å². The molecule has 0 radical (unpaired) electrons. The van der Waals surface area contributed by atoms with Crippen molar-refractivity contribution in [3.05, 3.63) is 48.0 Å². The van der Waals surface area contributed by atoms with Crippen LogP contribution in [0, 0.1) is 5.92 Å². The molecule has 2 aromatic rings. The lowest BCUT2D eigenvalue weighted by Gasteiger charge is -2.22. The first-order valence-corrected chi connectivity index (χ1v) is 8.22. The smallest absolute Gasteiger partial charge is 0.330 e. The van der Waals surface area contributed by atoms with Gasteiger partial charge in [0.15, 0.2) is 6.04 Å². The number of hydrogen-bond acceptors (Lipinski definition) is 3. The number of benzene rings is 2. The molecule has 0 aliphatic carbocycles. The Bertz CT molecular complexity index is 737. The Hall–Kier alpha value is -2.40. The van der Waals surface area contributed by atoms with Crippen LogP contribution in [0.2, 0.25) is 0 Å². The SMILES string of the molecule is O=C(CC1CCOCC1)NC(C(=O)O)c1ccc2ccccc2c1. The minimum atomic E-state index is -1.05. The van der Waals surface area contributed by atoms with Crippen molar-refractivity contribution >= 4 is 22.6 Å². The van der Waals surface area contributed by atoms with Gasteiger partial charge in [-0.3, -0.25) is 4.79 Å². The van der Waals surface area contributed by atoms with Crippen molar-refractivity contribution in [1.82, 2.24) is 5.32 Å². The molecule has 1 saturated heterocycles. The quantitative estimate of drug-likeness (QED) is 0.885. The van der Waals surface area contributed by atoms with Crippen LogP contribution in [0.4, 0.5) is 0 Å². The average molecular weight is 327 g/mol. The highest BCUT2D eigenvalue weighted by Gasteiger charge is 2.24. The van der Waals surface area contributed by atoms with Gasteiger partial charge >= 0.3 is 5.97 Å².